The number of aryl methyl sites for hydroxylation is 1. The molecule has 2 heteroatoms. The first-order valence-electron chi connectivity index (χ1n) is 4.07. The predicted molar refractivity (Wildman–Crippen MR) is 54.2 cm³/mol. The van der Waals surface area contributed by atoms with Crippen LogP contribution in [0.15, 0.2) is 11.4 Å². The van der Waals surface area contributed by atoms with E-state index < -0.39 is 0 Å². The third kappa shape index (κ3) is 2.69. The standard InChI is InChI=1S/C10H13NS/c1-9-6-8-12-10(9)5-3-2-4-7-11/h6,8H,2,4,7,11H2,1H3. The van der Waals surface area contributed by atoms with Crippen molar-refractivity contribution in [1.29, 1.82) is 0 Å². The number of hydrogen-bond acceptors (Lipinski definition) is 2. The van der Waals surface area contributed by atoms with E-state index in [1.54, 1.807) is 11.3 Å². The van der Waals surface area contributed by atoms with Crippen molar-refractivity contribution in [2.45, 2.75) is 19.8 Å². The number of rotatable bonds is 2. The SMILES string of the molecule is Cc1ccsc1C#CCCCN. The van der Waals surface area contributed by atoms with Gasteiger partial charge < -0.3 is 5.73 Å². The van der Waals surface area contributed by atoms with Crippen molar-refractivity contribution in [2.75, 3.05) is 6.54 Å². The van der Waals surface area contributed by atoms with E-state index >= 15 is 0 Å². The van der Waals surface area contributed by atoms with Crippen LogP contribution >= 0.6 is 11.3 Å². The van der Waals surface area contributed by atoms with Crippen molar-refractivity contribution in [3.63, 3.8) is 0 Å². The van der Waals surface area contributed by atoms with Gasteiger partial charge in [-0.2, -0.15) is 0 Å². The molecule has 0 atom stereocenters. The summed E-state index contributed by atoms with van der Waals surface area (Å²) in [4.78, 5) is 1.19. The molecular formula is C10H13NS. The summed E-state index contributed by atoms with van der Waals surface area (Å²) in [6.07, 6.45) is 1.91. The Morgan fingerprint density at radius 3 is 3.00 bits per heavy atom. The van der Waals surface area contributed by atoms with Crippen molar-refractivity contribution in [2.24, 2.45) is 5.73 Å². The third-order valence-corrected chi connectivity index (χ3v) is 2.50. The quantitative estimate of drug-likeness (QED) is 0.546. The lowest BCUT2D eigenvalue weighted by Crippen LogP contribution is -1.96. The average molecular weight is 179 g/mol. The van der Waals surface area contributed by atoms with Gasteiger partial charge in [-0.15, -0.1) is 11.3 Å². The summed E-state index contributed by atoms with van der Waals surface area (Å²) < 4.78 is 0. The highest BCUT2D eigenvalue weighted by molar-refractivity contribution is 7.10. The predicted octanol–water partition coefficient (Wildman–Crippen LogP) is 2.15. The molecule has 0 bridgehead atoms. The largest absolute Gasteiger partial charge is 0.330 e. The third-order valence-electron chi connectivity index (χ3n) is 1.57. The first kappa shape index (κ1) is 9.31. The highest BCUT2D eigenvalue weighted by atomic mass is 32.1. The number of unbranched alkanes of at least 4 members (excludes halogenated alkanes) is 1. The molecule has 0 aliphatic rings. The summed E-state index contributed by atoms with van der Waals surface area (Å²) in [6.45, 7) is 2.82. The van der Waals surface area contributed by atoms with Crippen LogP contribution < -0.4 is 5.73 Å². The lowest BCUT2D eigenvalue weighted by atomic mass is 10.2. The smallest absolute Gasteiger partial charge is 0.0797 e. The molecule has 0 spiro atoms. The molecule has 1 aromatic rings. The topological polar surface area (TPSA) is 26.0 Å². The molecular weight excluding hydrogens is 166 g/mol. The highest BCUT2D eigenvalue weighted by Gasteiger charge is 1.92. The van der Waals surface area contributed by atoms with Gasteiger partial charge in [0.15, 0.2) is 0 Å². The van der Waals surface area contributed by atoms with Crippen LogP contribution in [0.2, 0.25) is 0 Å². The second kappa shape index (κ2) is 4.97. The maximum absolute atomic E-state index is 5.35. The van der Waals surface area contributed by atoms with Crippen LogP contribution in [-0.2, 0) is 0 Å². The highest BCUT2D eigenvalue weighted by Crippen LogP contribution is 2.13. The Labute approximate surface area is 77.6 Å². The van der Waals surface area contributed by atoms with Gasteiger partial charge in [0.2, 0.25) is 0 Å². The van der Waals surface area contributed by atoms with Crippen LogP contribution in [0.1, 0.15) is 23.3 Å². The molecule has 0 fully saturated rings. The minimum atomic E-state index is 0.734. The summed E-state index contributed by atoms with van der Waals surface area (Å²) in [5.74, 6) is 6.25. The molecule has 0 radical (unpaired) electrons. The van der Waals surface area contributed by atoms with E-state index in [2.05, 4.69) is 30.2 Å². The maximum Gasteiger partial charge on any atom is 0.0797 e. The van der Waals surface area contributed by atoms with Gasteiger partial charge >= 0.3 is 0 Å². The van der Waals surface area contributed by atoms with Gasteiger partial charge in [-0.3, -0.25) is 0 Å². The lowest BCUT2D eigenvalue weighted by Gasteiger charge is -1.85. The number of hydrogen-bond donors (Lipinski definition) is 1. The molecule has 0 aromatic carbocycles. The molecule has 1 aromatic heterocycles. The Bertz CT molecular complexity index is 290. The van der Waals surface area contributed by atoms with Crippen molar-refractivity contribution >= 4 is 11.3 Å². The molecule has 0 unspecified atom stereocenters. The molecule has 0 aliphatic heterocycles. The fourth-order valence-corrected chi connectivity index (χ4v) is 1.63. The van der Waals surface area contributed by atoms with Gasteiger partial charge in [0.1, 0.15) is 0 Å². The van der Waals surface area contributed by atoms with Crippen molar-refractivity contribution in [1.82, 2.24) is 0 Å². The zero-order valence-corrected chi connectivity index (χ0v) is 8.08. The summed E-state index contributed by atoms with van der Waals surface area (Å²) >= 11 is 1.70. The maximum atomic E-state index is 5.35. The molecule has 0 amide bonds. The molecule has 1 nitrogen and oxygen atoms in total. The number of thiophene rings is 1. The summed E-state index contributed by atoms with van der Waals surface area (Å²) in [7, 11) is 0. The van der Waals surface area contributed by atoms with E-state index in [0.717, 1.165) is 19.4 Å². The van der Waals surface area contributed by atoms with Crippen molar-refractivity contribution < 1.29 is 0 Å². The first-order chi connectivity index (χ1) is 5.84. The van der Waals surface area contributed by atoms with Gasteiger partial charge in [0, 0.05) is 6.42 Å². The van der Waals surface area contributed by atoms with Crippen LogP contribution in [0.4, 0.5) is 0 Å². The molecule has 0 saturated heterocycles. The van der Waals surface area contributed by atoms with E-state index in [-0.39, 0.29) is 0 Å². The van der Waals surface area contributed by atoms with E-state index in [4.69, 9.17) is 5.73 Å². The van der Waals surface area contributed by atoms with Gasteiger partial charge in [0.25, 0.3) is 0 Å². The number of nitrogens with two attached hydrogens (primary N) is 1. The zero-order valence-electron chi connectivity index (χ0n) is 7.26. The Kier molecular flexibility index (Phi) is 3.86. The molecule has 1 rings (SSSR count). The van der Waals surface area contributed by atoms with Crippen LogP contribution in [0, 0.1) is 18.8 Å². The zero-order chi connectivity index (χ0) is 8.81. The fourth-order valence-electron chi connectivity index (χ4n) is 0.834. The van der Waals surface area contributed by atoms with Crippen molar-refractivity contribution in [3.05, 3.63) is 21.9 Å². The summed E-state index contributed by atoms with van der Waals surface area (Å²) in [5, 5.41) is 2.07. The summed E-state index contributed by atoms with van der Waals surface area (Å²) in [5.41, 5.74) is 6.63. The van der Waals surface area contributed by atoms with Gasteiger partial charge in [-0.05, 0) is 36.9 Å². The van der Waals surface area contributed by atoms with Crippen LogP contribution in [0.5, 0.6) is 0 Å². The Hall–Kier alpha value is -0.780. The molecule has 1 heterocycles. The van der Waals surface area contributed by atoms with E-state index in [9.17, 15) is 0 Å². The molecule has 0 aliphatic carbocycles. The van der Waals surface area contributed by atoms with Crippen LogP contribution in [0.3, 0.4) is 0 Å². The van der Waals surface area contributed by atoms with Crippen LogP contribution in [-0.4, -0.2) is 6.54 Å². The first-order valence-corrected chi connectivity index (χ1v) is 4.95. The second-order valence-corrected chi connectivity index (χ2v) is 3.54. The Morgan fingerprint density at radius 2 is 2.42 bits per heavy atom. The lowest BCUT2D eigenvalue weighted by molar-refractivity contribution is 0.870. The van der Waals surface area contributed by atoms with E-state index in [0.29, 0.717) is 0 Å². The normalized spacial score (nSPS) is 9.17. The molecule has 64 valence electrons. The Balaban J connectivity index is 2.49. The molecule has 12 heavy (non-hydrogen) atoms. The van der Waals surface area contributed by atoms with Crippen LogP contribution in [0.25, 0.3) is 0 Å². The van der Waals surface area contributed by atoms with E-state index in [1.165, 1.54) is 10.4 Å². The van der Waals surface area contributed by atoms with Gasteiger partial charge in [-0.1, -0.05) is 11.8 Å². The average Bonchev–Trinajstić information content (AvgIpc) is 2.46. The van der Waals surface area contributed by atoms with Crippen molar-refractivity contribution in [3.8, 4) is 11.8 Å². The molecule has 0 saturated carbocycles. The van der Waals surface area contributed by atoms with Gasteiger partial charge in [0.05, 0.1) is 4.88 Å². The molecule has 2 N–H and O–H groups in total. The monoisotopic (exact) mass is 179 g/mol. The Morgan fingerprint density at radius 1 is 1.58 bits per heavy atom. The minimum Gasteiger partial charge on any atom is -0.330 e. The summed E-state index contributed by atoms with van der Waals surface area (Å²) in [6, 6.07) is 2.09. The minimum absolute atomic E-state index is 0.734. The van der Waals surface area contributed by atoms with E-state index in [1.807, 2.05) is 0 Å². The fraction of sp³-hybridized carbons (Fsp3) is 0.400. The second-order valence-electron chi connectivity index (χ2n) is 2.63. The van der Waals surface area contributed by atoms with Gasteiger partial charge in [-0.25, -0.2) is 0 Å².